The van der Waals surface area contributed by atoms with E-state index >= 15 is 0 Å². The van der Waals surface area contributed by atoms with Gasteiger partial charge in [0.05, 0.1) is 18.4 Å². The highest BCUT2D eigenvalue weighted by Gasteiger charge is 2.50. The second-order valence-corrected chi connectivity index (χ2v) is 5.15. The summed E-state index contributed by atoms with van der Waals surface area (Å²) in [6.07, 6.45) is 4.08. The van der Waals surface area contributed by atoms with Gasteiger partial charge in [0.2, 0.25) is 0 Å². The highest BCUT2D eigenvalue weighted by atomic mass is 16.7. The first kappa shape index (κ1) is 12.8. The van der Waals surface area contributed by atoms with Crippen molar-refractivity contribution in [3.05, 3.63) is 0 Å². The fraction of sp³-hybridized carbons (Fsp3) is 0.917. The van der Waals surface area contributed by atoms with Gasteiger partial charge in [0, 0.05) is 25.6 Å². The van der Waals surface area contributed by atoms with Crippen molar-refractivity contribution < 1.29 is 19.4 Å². The Hall–Kier alpha value is -0.650. The van der Waals surface area contributed by atoms with Crippen LogP contribution in [-0.2, 0) is 14.2 Å². The van der Waals surface area contributed by atoms with E-state index in [4.69, 9.17) is 19.4 Å². The summed E-state index contributed by atoms with van der Waals surface area (Å²) < 4.78 is 15.9. The van der Waals surface area contributed by atoms with Crippen molar-refractivity contribution >= 4 is 5.71 Å². The van der Waals surface area contributed by atoms with E-state index < -0.39 is 0 Å². The van der Waals surface area contributed by atoms with E-state index in [1.807, 2.05) is 0 Å². The summed E-state index contributed by atoms with van der Waals surface area (Å²) in [6, 6.07) is 0. The zero-order chi connectivity index (χ0) is 12.3. The Balaban J connectivity index is 2.03. The van der Waals surface area contributed by atoms with Crippen LogP contribution in [0.3, 0.4) is 0 Å². The van der Waals surface area contributed by atoms with Gasteiger partial charge in [-0.3, -0.25) is 0 Å². The van der Waals surface area contributed by atoms with Gasteiger partial charge in [-0.2, -0.15) is 0 Å². The third-order valence-electron chi connectivity index (χ3n) is 4.09. The molecule has 2 rings (SSSR count). The molecule has 2 fully saturated rings. The Morgan fingerprint density at radius 1 is 1.47 bits per heavy atom. The maximum absolute atomic E-state index is 9.08. The van der Waals surface area contributed by atoms with Crippen molar-refractivity contribution in [3.8, 4) is 0 Å². The number of nitrogens with zero attached hydrogens (tertiary/aromatic N) is 1. The second kappa shape index (κ2) is 5.33. The quantitative estimate of drug-likeness (QED) is 0.345. The lowest BCUT2D eigenvalue weighted by Gasteiger charge is -2.35. The third-order valence-corrected chi connectivity index (χ3v) is 4.09. The van der Waals surface area contributed by atoms with Gasteiger partial charge in [-0.15, -0.1) is 0 Å². The summed E-state index contributed by atoms with van der Waals surface area (Å²) in [5, 5.41) is 12.5. The van der Waals surface area contributed by atoms with E-state index in [0.717, 1.165) is 31.4 Å². The van der Waals surface area contributed by atoms with Crippen LogP contribution < -0.4 is 0 Å². The van der Waals surface area contributed by atoms with Crippen LogP contribution in [0.1, 0.15) is 25.7 Å². The molecule has 0 aliphatic heterocycles. The lowest BCUT2D eigenvalue weighted by atomic mass is 9.75. The number of hydrogen-bond donors (Lipinski definition) is 1. The van der Waals surface area contributed by atoms with Crippen LogP contribution in [0.5, 0.6) is 0 Å². The molecule has 0 amide bonds. The molecule has 0 unspecified atom stereocenters. The summed E-state index contributed by atoms with van der Waals surface area (Å²) in [4.78, 5) is 0. The second-order valence-electron chi connectivity index (χ2n) is 5.15. The van der Waals surface area contributed by atoms with E-state index in [-0.39, 0.29) is 17.4 Å². The van der Waals surface area contributed by atoms with E-state index in [2.05, 4.69) is 5.16 Å². The largest absolute Gasteiger partial charge is 0.411 e. The van der Waals surface area contributed by atoms with Crippen molar-refractivity contribution in [2.75, 3.05) is 27.6 Å². The standard InChI is InChI=1S/C12H21NO4/c1-15-8-17-7-12-4-3-11(16-2)9(5-12)10(6-12)13-14/h9,11,14H,3-8H2,1-2H3/b13-10-/t9-,11+,12-/m1/s1. The molecule has 0 aromatic heterocycles. The summed E-state index contributed by atoms with van der Waals surface area (Å²) >= 11 is 0. The number of oxime groups is 1. The number of fused-ring (bicyclic) bond motifs is 2. The molecule has 0 spiro atoms. The first-order valence-electron chi connectivity index (χ1n) is 6.05. The molecule has 3 atom stereocenters. The topological polar surface area (TPSA) is 60.3 Å². The normalized spacial score (nSPS) is 38.8. The highest BCUT2D eigenvalue weighted by Crippen LogP contribution is 2.50. The van der Waals surface area contributed by atoms with Crippen LogP contribution in [0.25, 0.3) is 0 Å². The number of rotatable bonds is 5. The molecule has 2 aliphatic carbocycles. The van der Waals surface area contributed by atoms with Crippen molar-refractivity contribution in [2.45, 2.75) is 31.8 Å². The number of hydrogen-bond acceptors (Lipinski definition) is 5. The zero-order valence-corrected chi connectivity index (χ0v) is 10.5. The lowest BCUT2D eigenvalue weighted by Crippen LogP contribution is -2.34. The fourth-order valence-electron chi connectivity index (χ4n) is 3.27. The molecule has 2 saturated carbocycles. The van der Waals surface area contributed by atoms with Crippen LogP contribution >= 0.6 is 0 Å². The van der Waals surface area contributed by atoms with Gasteiger partial charge in [0.1, 0.15) is 6.79 Å². The average Bonchev–Trinajstić information content (AvgIpc) is 2.64. The molecule has 5 heteroatoms. The molecule has 0 saturated heterocycles. The van der Waals surface area contributed by atoms with E-state index in [0.29, 0.717) is 13.4 Å². The molecule has 0 radical (unpaired) electrons. The maximum atomic E-state index is 9.08. The Morgan fingerprint density at radius 2 is 2.29 bits per heavy atom. The van der Waals surface area contributed by atoms with Crippen LogP contribution in [0, 0.1) is 11.3 Å². The predicted molar refractivity (Wildman–Crippen MR) is 62.2 cm³/mol. The zero-order valence-electron chi connectivity index (χ0n) is 10.5. The monoisotopic (exact) mass is 243 g/mol. The van der Waals surface area contributed by atoms with Gasteiger partial charge in [-0.05, 0) is 25.7 Å². The highest BCUT2D eigenvalue weighted by molar-refractivity contribution is 5.90. The minimum atomic E-state index is 0.125. The SMILES string of the molecule is COCOC[C@]12CC[C@H](OC)[C@H](C1)/C(=N\O)C2. The Bertz CT molecular complexity index is 290. The third kappa shape index (κ3) is 2.46. The molecule has 0 aromatic carbocycles. The molecular formula is C12H21NO4. The Kier molecular flexibility index (Phi) is 4.01. The van der Waals surface area contributed by atoms with Crippen LogP contribution in [0.15, 0.2) is 5.16 Å². The Morgan fingerprint density at radius 3 is 2.94 bits per heavy atom. The first-order chi connectivity index (χ1) is 8.24. The van der Waals surface area contributed by atoms with Gasteiger partial charge in [-0.25, -0.2) is 0 Å². The van der Waals surface area contributed by atoms with Crippen molar-refractivity contribution in [3.63, 3.8) is 0 Å². The van der Waals surface area contributed by atoms with E-state index in [9.17, 15) is 0 Å². The van der Waals surface area contributed by atoms with E-state index in [1.54, 1.807) is 14.2 Å². The van der Waals surface area contributed by atoms with E-state index in [1.165, 1.54) is 0 Å². The molecule has 1 N–H and O–H groups in total. The first-order valence-corrected chi connectivity index (χ1v) is 6.05. The van der Waals surface area contributed by atoms with Crippen LogP contribution in [0.4, 0.5) is 0 Å². The summed E-state index contributed by atoms with van der Waals surface area (Å²) in [7, 11) is 3.35. The molecule has 17 heavy (non-hydrogen) atoms. The molecule has 0 aromatic rings. The minimum absolute atomic E-state index is 0.125. The number of methoxy groups -OCH3 is 2. The summed E-state index contributed by atoms with van der Waals surface area (Å²) in [6.45, 7) is 0.999. The van der Waals surface area contributed by atoms with Gasteiger partial charge >= 0.3 is 0 Å². The maximum Gasteiger partial charge on any atom is 0.146 e. The van der Waals surface area contributed by atoms with Gasteiger partial charge < -0.3 is 19.4 Å². The van der Waals surface area contributed by atoms with Crippen molar-refractivity contribution in [1.82, 2.24) is 0 Å². The summed E-state index contributed by atoms with van der Waals surface area (Å²) in [5.74, 6) is 0.255. The van der Waals surface area contributed by atoms with Crippen molar-refractivity contribution in [2.24, 2.45) is 16.5 Å². The number of ether oxygens (including phenoxy) is 3. The molecular weight excluding hydrogens is 222 g/mol. The molecule has 0 heterocycles. The smallest absolute Gasteiger partial charge is 0.146 e. The molecule has 2 aliphatic rings. The predicted octanol–water partition coefficient (Wildman–Crippen LogP) is 1.64. The Labute approximate surface area is 102 Å². The average molecular weight is 243 g/mol. The van der Waals surface area contributed by atoms with Crippen molar-refractivity contribution in [1.29, 1.82) is 0 Å². The minimum Gasteiger partial charge on any atom is -0.411 e. The van der Waals surface area contributed by atoms with Gasteiger partial charge in [0.15, 0.2) is 0 Å². The van der Waals surface area contributed by atoms with Gasteiger partial charge in [0.25, 0.3) is 0 Å². The fourth-order valence-corrected chi connectivity index (χ4v) is 3.27. The molecule has 5 nitrogen and oxygen atoms in total. The van der Waals surface area contributed by atoms with Gasteiger partial charge in [-0.1, -0.05) is 5.16 Å². The van der Waals surface area contributed by atoms with Crippen LogP contribution in [-0.4, -0.2) is 44.6 Å². The summed E-state index contributed by atoms with van der Waals surface area (Å²) in [5.41, 5.74) is 0.996. The van der Waals surface area contributed by atoms with Crippen LogP contribution in [0.2, 0.25) is 0 Å². The molecule has 2 bridgehead atoms. The lowest BCUT2D eigenvalue weighted by molar-refractivity contribution is -0.0792. The molecule has 98 valence electrons.